The van der Waals surface area contributed by atoms with Crippen molar-refractivity contribution in [2.45, 2.75) is 64.8 Å². The SMILES string of the molecule is CCCCNCCN(CC)C1CCCCC1. The maximum Gasteiger partial charge on any atom is 0.0110 e. The minimum Gasteiger partial charge on any atom is -0.315 e. The van der Waals surface area contributed by atoms with Gasteiger partial charge in [0.1, 0.15) is 0 Å². The summed E-state index contributed by atoms with van der Waals surface area (Å²) in [5.41, 5.74) is 0. The second-order valence-corrected chi connectivity index (χ2v) is 5.02. The first-order chi connectivity index (χ1) is 7.88. The van der Waals surface area contributed by atoms with Crippen LogP contribution in [0.1, 0.15) is 58.8 Å². The van der Waals surface area contributed by atoms with Gasteiger partial charge in [0.15, 0.2) is 0 Å². The fraction of sp³-hybridized carbons (Fsp3) is 1.00. The standard InChI is InChI=1S/C14H30N2/c1-3-5-11-15-12-13-16(4-2)14-9-7-6-8-10-14/h14-15H,3-13H2,1-2H3. The number of likely N-dealkylation sites (N-methyl/N-ethyl adjacent to an activating group) is 1. The number of nitrogens with zero attached hydrogens (tertiary/aromatic N) is 1. The van der Waals surface area contributed by atoms with Gasteiger partial charge in [-0.05, 0) is 32.4 Å². The van der Waals surface area contributed by atoms with Crippen molar-refractivity contribution in [3.05, 3.63) is 0 Å². The zero-order valence-corrected chi connectivity index (χ0v) is 11.3. The lowest BCUT2D eigenvalue weighted by Crippen LogP contribution is -2.40. The summed E-state index contributed by atoms with van der Waals surface area (Å²) in [6.07, 6.45) is 9.84. The summed E-state index contributed by atoms with van der Waals surface area (Å²) in [6, 6.07) is 0.881. The quantitative estimate of drug-likeness (QED) is 0.640. The summed E-state index contributed by atoms with van der Waals surface area (Å²) in [5.74, 6) is 0. The van der Waals surface area contributed by atoms with E-state index < -0.39 is 0 Å². The third-order valence-electron chi connectivity index (χ3n) is 3.78. The lowest BCUT2D eigenvalue weighted by molar-refractivity contribution is 0.164. The summed E-state index contributed by atoms with van der Waals surface area (Å²) >= 11 is 0. The van der Waals surface area contributed by atoms with Crippen molar-refractivity contribution < 1.29 is 0 Å². The molecule has 0 aromatic carbocycles. The molecule has 0 aliphatic heterocycles. The molecular formula is C14H30N2. The Kier molecular flexibility index (Phi) is 7.87. The van der Waals surface area contributed by atoms with Gasteiger partial charge in [0.2, 0.25) is 0 Å². The van der Waals surface area contributed by atoms with E-state index in [0.29, 0.717) is 0 Å². The van der Waals surface area contributed by atoms with Crippen LogP contribution in [-0.4, -0.2) is 37.1 Å². The van der Waals surface area contributed by atoms with Crippen LogP contribution >= 0.6 is 0 Å². The largest absolute Gasteiger partial charge is 0.315 e. The Hall–Kier alpha value is -0.0800. The second kappa shape index (κ2) is 9.00. The third kappa shape index (κ3) is 5.31. The van der Waals surface area contributed by atoms with Crippen molar-refractivity contribution in [3.63, 3.8) is 0 Å². The van der Waals surface area contributed by atoms with E-state index in [4.69, 9.17) is 0 Å². The molecule has 0 heterocycles. The van der Waals surface area contributed by atoms with Crippen molar-refractivity contribution in [2.24, 2.45) is 0 Å². The first-order valence-corrected chi connectivity index (χ1v) is 7.33. The maximum absolute atomic E-state index is 3.55. The van der Waals surface area contributed by atoms with Gasteiger partial charge in [-0.3, -0.25) is 4.90 Å². The normalized spacial score (nSPS) is 18.2. The van der Waals surface area contributed by atoms with Crippen LogP contribution in [0.5, 0.6) is 0 Å². The molecule has 0 unspecified atom stereocenters. The smallest absolute Gasteiger partial charge is 0.0110 e. The molecule has 1 aliphatic carbocycles. The first kappa shape index (κ1) is 14.0. The van der Waals surface area contributed by atoms with Crippen molar-refractivity contribution in [1.29, 1.82) is 0 Å². The Morgan fingerprint density at radius 1 is 1.06 bits per heavy atom. The molecule has 1 N–H and O–H groups in total. The Morgan fingerprint density at radius 3 is 2.44 bits per heavy atom. The van der Waals surface area contributed by atoms with Gasteiger partial charge in [-0.1, -0.05) is 39.5 Å². The zero-order chi connectivity index (χ0) is 11.6. The molecule has 0 aromatic rings. The molecule has 0 atom stereocenters. The summed E-state index contributed by atoms with van der Waals surface area (Å²) in [7, 11) is 0. The van der Waals surface area contributed by atoms with E-state index in [1.807, 2.05) is 0 Å². The molecule has 1 saturated carbocycles. The molecule has 0 spiro atoms. The molecule has 0 saturated heterocycles. The van der Waals surface area contributed by atoms with Crippen molar-refractivity contribution in [1.82, 2.24) is 10.2 Å². The minimum atomic E-state index is 0.881. The molecule has 16 heavy (non-hydrogen) atoms. The van der Waals surface area contributed by atoms with Gasteiger partial charge in [0.05, 0.1) is 0 Å². The number of unbranched alkanes of at least 4 members (excludes halogenated alkanes) is 1. The molecule has 96 valence electrons. The van der Waals surface area contributed by atoms with E-state index in [0.717, 1.165) is 6.04 Å². The van der Waals surface area contributed by atoms with Crippen molar-refractivity contribution in [3.8, 4) is 0 Å². The molecule has 2 nitrogen and oxygen atoms in total. The predicted molar refractivity (Wildman–Crippen MR) is 71.9 cm³/mol. The predicted octanol–water partition coefficient (Wildman–Crippen LogP) is 3.03. The highest BCUT2D eigenvalue weighted by molar-refractivity contribution is 4.75. The number of hydrogen-bond acceptors (Lipinski definition) is 2. The highest BCUT2D eigenvalue weighted by Crippen LogP contribution is 2.21. The maximum atomic E-state index is 3.55. The Labute approximate surface area is 102 Å². The lowest BCUT2D eigenvalue weighted by atomic mass is 9.94. The van der Waals surface area contributed by atoms with E-state index in [-0.39, 0.29) is 0 Å². The Morgan fingerprint density at radius 2 is 1.81 bits per heavy atom. The Balaban J connectivity index is 2.10. The molecule has 1 aliphatic rings. The van der Waals surface area contributed by atoms with Crippen molar-refractivity contribution in [2.75, 3.05) is 26.2 Å². The van der Waals surface area contributed by atoms with Gasteiger partial charge < -0.3 is 5.32 Å². The van der Waals surface area contributed by atoms with E-state index in [2.05, 4.69) is 24.1 Å². The van der Waals surface area contributed by atoms with Gasteiger partial charge in [-0.15, -0.1) is 0 Å². The summed E-state index contributed by atoms with van der Waals surface area (Å²) in [6.45, 7) is 9.39. The molecule has 0 bridgehead atoms. The topological polar surface area (TPSA) is 15.3 Å². The molecule has 0 aromatic heterocycles. The lowest BCUT2D eigenvalue weighted by Gasteiger charge is -2.33. The van der Waals surface area contributed by atoms with Crippen LogP contribution in [0.2, 0.25) is 0 Å². The van der Waals surface area contributed by atoms with Gasteiger partial charge in [-0.25, -0.2) is 0 Å². The summed E-state index contributed by atoms with van der Waals surface area (Å²) in [5, 5.41) is 3.55. The van der Waals surface area contributed by atoms with Crippen LogP contribution in [-0.2, 0) is 0 Å². The average Bonchev–Trinajstić information content (AvgIpc) is 2.35. The molecule has 0 amide bonds. The fourth-order valence-corrected chi connectivity index (χ4v) is 2.69. The zero-order valence-electron chi connectivity index (χ0n) is 11.3. The van der Waals surface area contributed by atoms with Gasteiger partial charge in [-0.2, -0.15) is 0 Å². The fourth-order valence-electron chi connectivity index (χ4n) is 2.69. The Bertz CT molecular complexity index is 153. The molecule has 1 rings (SSSR count). The number of hydrogen-bond donors (Lipinski definition) is 1. The average molecular weight is 226 g/mol. The van der Waals surface area contributed by atoms with Gasteiger partial charge in [0, 0.05) is 19.1 Å². The van der Waals surface area contributed by atoms with E-state index in [1.54, 1.807) is 0 Å². The van der Waals surface area contributed by atoms with E-state index >= 15 is 0 Å². The van der Waals surface area contributed by atoms with E-state index in [1.165, 1.54) is 71.1 Å². The monoisotopic (exact) mass is 226 g/mol. The van der Waals surface area contributed by atoms with Crippen LogP contribution in [0.25, 0.3) is 0 Å². The highest BCUT2D eigenvalue weighted by atomic mass is 15.2. The number of nitrogens with one attached hydrogen (secondary N) is 1. The van der Waals surface area contributed by atoms with Crippen LogP contribution in [0.4, 0.5) is 0 Å². The van der Waals surface area contributed by atoms with Gasteiger partial charge in [0.25, 0.3) is 0 Å². The summed E-state index contributed by atoms with van der Waals surface area (Å²) in [4.78, 5) is 2.68. The summed E-state index contributed by atoms with van der Waals surface area (Å²) < 4.78 is 0. The van der Waals surface area contributed by atoms with Crippen LogP contribution in [0, 0.1) is 0 Å². The number of rotatable bonds is 8. The molecule has 0 radical (unpaired) electrons. The molecule has 1 fully saturated rings. The third-order valence-corrected chi connectivity index (χ3v) is 3.78. The van der Waals surface area contributed by atoms with Crippen LogP contribution in [0.3, 0.4) is 0 Å². The van der Waals surface area contributed by atoms with Gasteiger partial charge >= 0.3 is 0 Å². The second-order valence-electron chi connectivity index (χ2n) is 5.02. The van der Waals surface area contributed by atoms with Crippen LogP contribution in [0.15, 0.2) is 0 Å². The van der Waals surface area contributed by atoms with Crippen LogP contribution < -0.4 is 5.32 Å². The molecule has 2 heteroatoms. The minimum absolute atomic E-state index is 0.881. The van der Waals surface area contributed by atoms with E-state index in [9.17, 15) is 0 Å². The van der Waals surface area contributed by atoms with Crippen molar-refractivity contribution >= 4 is 0 Å². The highest BCUT2D eigenvalue weighted by Gasteiger charge is 2.18. The molecular weight excluding hydrogens is 196 g/mol. The first-order valence-electron chi connectivity index (χ1n) is 7.33.